The Morgan fingerprint density at radius 2 is 1.83 bits per heavy atom. The molecule has 0 aliphatic carbocycles. The Morgan fingerprint density at radius 3 is 2.40 bits per heavy atom. The number of nitrogens with one attached hydrogen (secondary N) is 1. The topological polar surface area (TPSA) is 114 Å². The molecule has 0 heterocycles. The third-order valence-electron chi connectivity index (χ3n) is 4.84. The van der Waals surface area contributed by atoms with Crippen LogP contribution in [0.2, 0.25) is 0 Å². The molecule has 4 N–H and O–H groups in total. The van der Waals surface area contributed by atoms with Gasteiger partial charge in [0.1, 0.15) is 22.1 Å². The number of hydrogen-bond donors (Lipinski definition) is 3. The van der Waals surface area contributed by atoms with E-state index in [9.17, 15) is 23.5 Å². The monoisotopic (exact) mass is 505 g/mol. The van der Waals surface area contributed by atoms with Gasteiger partial charge in [-0.1, -0.05) is 13.3 Å². The molecule has 2 aromatic rings. The highest BCUT2D eigenvalue weighted by atomic mass is 32.2. The number of amides is 1. The van der Waals surface area contributed by atoms with Gasteiger partial charge in [0.15, 0.2) is 0 Å². The number of halogens is 2. The van der Waals surface area contributed by atoms with Crippen molar-refractivity contribution >= 4 is 40.9 Å². The van der Waals surface area contributed by atoms with Crippen molar-refractivity contribution in [3.63, 3.8) is 0 Å². The quantitative estimate of drug-likeness (QED) is 0.127. The van der Waals surface area contributed by atoms with E-state index in [4.69, 9.17) is 10.5 Å². The second-order valence-corrected chi connectivity index (χ2v) is 9.84. The van der Waals surface area contributed by atoms with Crippen molar-refractivity contribution in [1.82, 2.24) is 0 Å². The van der Waals surface area contributed by atoms with E-state index >= 15 is 0 Å². The number of aliphatic carboxylic acids is 1. The summed E-state index contributed by atoms with van der Waals surface area (Å²) in [5, 5.41) is 11.6. The molecule has 0 radical (unpaired) electrons. The third kappa shape index (κ3) is 8.10. The van der Waals surface area contributed by atoms with Crippen molar-refractivity contribution in [2.45, 2.75) is 50.2 Å². The maximum atomic E-state index is 13.9. The Bertz CT molecular complexity index is 1130. The predicted octanol–water partition coefficient (Wildman–Crippen LogP) is 5.64. The molecule has 1 amide bonds. The van der Waals surface area contributed by atoms with E-state index in [-0.39, 0.29) is 22.9 Å². The molecule has 0 aromatic heterocycles. The molecule has 35 heavy (non-hydrogen) atoms. The number of carboxylic acids is 1. The van der Waals surface area contributed by atoms with Gasteiger partial charge < -0.3 is 20.9 Å². The zero-order valence-corrected chi connectivity index (χ0v) is 20.8. The lowest BCUT2D eigenvalue weighted by Crippen LogP contribution is -2.26. The van der Waals surface area contributed by atoms with Crippen LogP contribution < -0.4 is 11.1 Å². The Labute approximate surface area is 207 Å². The summed E-state index contributed by atoms with van der Waals surface area (Å²) in [7, 11) is 0. The number of nitrogens with zero attached hydrogens (tertiary/aromatic N) is 1. The van der Waals surface area contributed by atoms with Crippen LogP contribution in [0.25, 0.3) is 0 Å². The van der Waals surface area contributed by atoms with Gasteiger partial charge in [-0.15, -0.1) is 11.8 Å². The Morgan fingerprint density at radius 1 is 1.17 bits per heavy atom. The number of anilines is 1. The van der Waals surface area contributed by atoms with Crippen LogP contribution in [-0.4, -0.2) is 34.2 Å². The van der Waals surface area contributed by atoms with E-state index in [2.05, 4.69) is 10.3 Å². The largest absolute Gasteiger partial charge is 0.480 e. The lowest BCUT2D eigenvalue weighted by molar-refractivity contribution is -0.138. The van der Waals surface area contributed by atoms with Crippen molar-refractivity contribution in [2.75, 3.05) is 11.9 Å². The Hall–Kier alpha value is -3.40. The number of aliphatic imine (C=N–C) groups is 1. The molecule has 0 aliphatic heterocycles. The van der Waals surface area contributed by atoms with E-state index in [1.807, 2.05) is 6.92 Å². The molecule has 10 heteroatoms. The molecule has 7 nitrogen and oxygen atoms in total. The summed E-state index contributed by atoms with van der Waals surface area (Å²) in [6.45, 7) is 7.13. The SMILES string of the molecule is CCCCOC(=Nc1ccc(SC(C)(C)C(=O)O)cc1)/C(C)=C(\N)C(=O)Nc1ccc(F)cc1F. The Kier molecular flexibility index (Phi) is 9.82. The van der Waals surface area contributed by atoms with Gasteiger partial charge in [-0.05, 0) is 63.6 Å². The molecular weight excluding hydrogens is 476 g/mol. The van der Waals surface area contributed by atoms with Crippen LogP contribution in [0.15, 0.2) is 63.6 Å². The van der Waals surface area contributed by atoms with Crippen LogP contribution in [0.1, 0.15) is 40.5 Å². The van der Waals surface area contributed by atoms with Crippen molar-refractivity contribution in [3.8, 4) is 0 Å². The number of rotatable bonds is 10. The fraction of sp³-hybridized carbons (Fsp3) is 0.320. The molecule has 0 fully saturated rings. The summed E-state index contributed by atoms with van der Waals surface area (Å²) in [6.07, 6.45) is 1.63. The van der Waals surface area contributed by atoms with Crippen LogP contribution in [0.3, 0.4) is 0 Å². The second-order valence-electron chi connectivity index (χ2n) is 8.15. The fourth-order valence-corrected chi connectivity index (χ4v) is 3.60. The van der Waals surface area contributed by atoms with Gasteiger partial charge in [0, 0.05) is 16.5 Å². The van der Waals surface area contributed by atoms with Gasteiger partial charge in [-0.2, -0.15) is 0 Å². The van der Waals surface area contributed by atoms with Crippen molar-refractivity contribution in [2.24, 2.45) is 10.7 Å². The molecule has 0 unspecified atom stereocenters. The van der Waals surface area contributed by atoms with Gasteiger partial charge in [-0.25, -0.2) is 13.8 Å². The number of hydrogen-bond acceptors (Lipinski definition) is 6. The normalized spacial score (nSPS) is 12.7. The first kappa shape index (κ1) is 27.8. The first-order valence-electron chi connectivity index (χ1n) is 10.9. The van der Waals surface area contributed by atoms with Gasteiger partial charge in [0.05, 0.1) is 18.0 Å². The number of ether oxygens (including phenoxy) is 1. The minimum Gasteiger partial charge on any atom is -0.480 e. The van der Waals surface area contributed by atoms with Gasteiger partial charge in [-0.3, -0.25) is 9.59 Å². The van der Waals surface area contributed by atoms with Crippen molar-refractivity contribution in [1.29, 1.82) is 0 Å². The summed E-state index contributed by atoms with van der Waals surface area (Å²) in [5.41, 5.74) is 6.32. The molecule has 0 saturated heterocycles. The molecule has 0 spiro atoms. The van der Waals surface area contributed by atoms with E-state index in [1.165, 1.54) is 11.8 Å². The van der Waals surface area contributed by atoms with E-state index in [0.717, 1.165) is 29.9 Å². The maximum absolute atomic E-state index is 13.9. The number of benzene rings is 2. The molecular formula is C25H29F2N3O4S. The van der Waals surface area contributed by atoms with Crippen LogP contribution in [-0.2, 0) is 14.3 Å². The van der Waals surface area contributed by atoms with E-state index in [1.54, 1.807) is 45.0 Å². The van der Waals surface area contributed by atoms with Gasteiger partial charge in [0.25, 0.3) is 5.91 Å². The highest BCUT2D eigenvalue weighted by molar-refractivity contribution is 8.01. The first-order valence-corrected chi connectivity index (χ1v) is 11.7. The lowest BCUT2D eigenvalue weighted by Gasteiger charge is -2.18. The lowest BCUT2D eigenvalue weighted by atomic mass is 10.2. The number of unbranched alkanes of at least 4 members (excludes halogenated alkanes) is 1. The number of carboxylic acid groups (broad SMARTS) is 1. The fourth-order valence-electron chi connectivity index (χ4n) is 2.65. The maximum Gasteiger partial charge on any atom is 0.319 e. The van der Waals surface area contributed by atoms with Gasteiger partial charge in [0.2, 0.25) is 5.90 Å². The zero-order valence-electron chi connectivity index (χ0n) is 20.0. The summed E-state index contributed by atoms with van der Waals surface area (Å²) in [5.74, 6) is -3.29. The molecule has 0 saturated carbocycles. The van der Waals surface area contributed by atoms with E-state index in [0.29, 0.717) is 18.4 Å². The summed E-state index contributed by atoms with van der Waals surface area (Å²) in [6, 6.07) is 9.65. The average molecular weight is 506 g/mol. The highest BCUT2D eigenvalue weighted by Crippen LogP contribution is 2.33. The highest BCUT2D eigenvalue weighted by Gasteiger charge is 2.28. The predicted molar refractivity (Wildman–Crippen MR) is 134 cm³/mol. The summed E-state index contributed by atoms with van der Waals surface area (Å²) in [4.78, 5) is 29.2. The summed E-state index contributed by atoms with van der Waals surface area (Å²) < 4.78 is 31.8. The second kappa shape index (κ2) is 12.3. The average Bonchev–Trinajstić information content (AvgIpc) is 2.80. The Balaban J connectivity index is 2.30. The molecule has 0 atom stereocenters. The minimum atomic E-state index is -0.996. The number of carbonyl (C=O) groups is 2. The van der Waals surface area contributed by atoms with Gasteiger partial charge >= 0.3 is 5.97 Å². The van der Waals surface area contributed by atoms with Crippen LogP contribution >= 0.6 is 11.8 Å². The molecule has 2 rings (SSSR count). The summed E-state index contributed by atoms with van der Waals surface area (Å²) >= 11 is 1.20. The molecule has 2 aromatic carbocycles. The molecule has 0 aliphatic rings. The zero-order chi connectivity index (χ0) is 26.2. The number of nitrogens with two attached hydrogens (primary N) is 1. The van der Waals surface area contributed by atoms with E-state index < -0.39 is 28.3 Å². The third-order valence-corrected chi connectivity index (χ3v) is 6.03. The van der Waals surface area contributed by atoms with Crippen LogP contribution in [0, 0.1) is 11.6 Å². The number of thioether (sulfide) groups is 1. The van der Waals surface area contributed by atoms with Crippen molar-refractivity contribution in [3.05, 3.63) is 65.4 Å². The molecule has 188 valence electrons. The first-order chi connectivity index (χ1) is 16.4. The minimum absolute atomic E-state index is 0.122. The van der Waals surface area contributed by atoms with Crippen LogP contribution in [0.5, 0.6) is 0 Å². The smallest absolute Gasteiger partial charge is 0.319 e. The van der Waals surface area contributed by atoms with Crippen molar-refractivity contribution < 1.29 is 28.2 Å². The van der Waals surface area contributed by atoms with Crippen LogP contribution in [0.4, 0.5) is 20.2 Å². The standard InChI is InChI=1S/C25H29F2N3O4S/c1-5-6-13-34-23(29-17-8-10-18(11-9-17)35-25(3,4)24(32)33)15(2)21(28)22(31)30-20-12-7-16(26)14-19(20)27/h7-12,14H,5-6,13,28H2,1-4H3,(H,30,31)(H,32,33)/b21-15-,29-23?. The number of carbonyl (C=O) groups excluding carboxylic acids is 1. The molecule has 0 bridgehead atoms.